The maximum atomic E-state index is 11.7. The first-order valence-electron chi connectivity index (χ1n) is 8.79. The zero-order valence-electron chi connectivity index (χ0n) is 14.2. The van der Waals surface area contributed by atoms with Gasteiger partial charge in [0.05, 0.1) is 11.8 Å². The SMILES string of the molecule is NC(CCCCC1CCN(Cc2c[nH]c3c(=O)[nH]cnc23)C1)C(=O)O. The smallest absolute Gasteiger partial charge is 0.320 e. The number of H-pyrrole nitrogens is 2. The lowest BCUT2D eigenvalue weighted by Crippen LogP contribution is -2.29. The summed E-state index contributed by atoms with van der Waals surface area (Å²) in [5.74, 6) is -0.277. The normalized spacial score (nSPS) is 19.5. The molecule has 3 heterocycles. The summed E-state index contributed by atoms with van der Waals surface area (Å²) in [4.78, 5) is 34.7. The molecule has 0 spiro atoms. The molecular weight excluding hydrogens is 322 g/mol. The Morgan fingerprint density at radius 1 is 1.44 bits per heavy atom. The number of carboxylic acid groups (broad SMARTS) is 1. The number of hydrogen-bond donors (Lipinski definition) is 4. The van der Waals surface area contributed by atoms with Crippen molar-refractivity contribution < 1.29 is 9.90 Å². The molecule has 1 saturated heterocycles. The molecule has 0 radical (unpaired) electrons. The second-order valence-electron chi connectivity index (χ2n) is 6.89. The Bertz CT molecular complexity index is 784. The molecule has 8 nitrogen and oxygen atoms in total. The summed E-state index contributed by atoms with van der Waals surface area (Å²) in [6, 6.07) is -0.738. The number of hydrogen-bond acceptors (Lipinski definition) is 5. The van der Waals surface area contributed by atoms with Crippen molar-refractivity contribution in [3.05, 3.63) is 28.4 Å². The summed E-state index contributed by atoms with van der Waals surface area (Å²) in [7, 11) is 0. The van der Waals surface area contributed by atoms with Gasteiger partial charge in [0, 0.05) is 24.8 Å². The van der Waals surface area contributed by atoms with Crippen molar-refractivity contribution >= 4 is 17.0 Å². The van der Waals surface area contributed by atoms with E-state index in [4.69, 9.17) is 10.8 Å². The van der Waals surface area contributed by atoms with Gasteiger partial charge in [-0.2, -0.15) is 0 Å². The Kier molecular flexibility index (Phi) is 5.50. The quantitative estimate of drug-likeness (QED) is 0.528. The predicted octanol–water partition coefficient (Wildman–Crippen LogP) is 1.05. The molecule has 2 atom stereocenters. The molecule has 136 valence electrons. The number of unbranched alkanes of at least 4 members (excludes halogenated alkanes) is 1. The standard InChI is InChI=1S/C17H25N5O3/c18-13(17(24)25)4-2-1-3-11-5-6-22(8-11)9-12-7-19-15-14(12)20-10-21-16(15)23/h7,10-11,13,19H,1-6,8-9,18H2,(H,24,25)(H,20,21,23). The Hall–Kier alpha value is -2.19. The summed E-state index contributed by atoms with van der Waals surface area (Å²) >= 11 is 0. The highest BCUT2D eigenvalue weighted by Crippen LogP contribution is 2.25. The zero-order chi connectivity index (χ0) is 17.8. The van der Waals surface area contributed by atoms with Crippen LogP contribution >= 0.6 is 0 Å². The first kappa shape index (κ1) is 17.6. The summed E-state index contributed by atoms with van der Waals surface area (Å²) in [5.41, 5.74) is 7.71. The van der Waals surface area contributed by atoms with E-state index in [1.165, 1.54) is 6.33 Å². The average molecular weight is 347 g/mol. The molecule has 2 unspecified atom stereocenters. The summed E-state index contributed by atoms with van der Waals surface area (Å²) in [6.45, 7) is 2.85. The number of aliphatic carboxylic acids is 1. The van der Waals surface area contributed by atoms with Gasteiger partial charge < -0.3 is 20.8 Å². The van der Waals surface area contributed by atoms with Crippen molar-refractivity contribution in [3.8, 4) is 0 Å². The van der Waals surface area contributed by atoms with Crippen LogP contribution in [0.1, 0.15) is 37.7 Å². The Morgan fingerprint density at radius 3 is 3.08 bits per heavy atom. The van der Waals surface area contributed by atoms with Gasteiger partial charge in [-0.15, -0.1) is 0 Å². The fourth-order valence-electron chi connectivity index (χ4n) is 3.58. The molecule has 0 bridgehead atoms. The Balaban J connectivity index is 1.46. The lowest BCUT2D eigenvalue weighted by molar-refractivity contribution is -0.138. The minimum absolute atomic E-state index is 0.143. The highest BCUT2D eigenvalue weighted by molar-refractivity contribution is 5.77. The van der Waals surface area contributed by atoms with E-state index < -0.39 is 12.0 Å². The predicted molar refractivity (Wildman–Crippen MR) is 94.2 cm³/mol. The van der Waals surface area contributed by atoms with E-state index in [9.17, 15) is 9.59 Å². The first-order chi connectivity index (χ1) is 12.0. The number of nitrogens with one attached hydrogen (secondary N) is 2. The lowest BCUT2D eigenvalue weighted by Gasteiger charge is -2.15. The van der Waals surface area contributed by atoms with E-state index in [0.29, 0.717) is 17.9 Å². The second kappa shape index (κ2) is 7.79. The largest absolute Gasteiger partial charge is 0.480 e. The Labute approximate surface area is 145 Å². The fraction of sp³-hybridized carbons (Fsp3) is 0.588. The van der Waals surface area contributed by atoms with E-state index in [1.54, 1.807) is 0 Å². The molecule has 8 heteroatoms. The third kappa shape index (κ3) is 4.26. The molecule has 2 aromatic rings. The van der Waals surface area contributed by atoms with Crippen LogP contribution in [0.5, 0.6) is 0 Å². The van der Waals surface area contributed by atoms with Gasteiger partial charge in [0.1, 0.15) is 11.6 Å². The van der Waals surface area contributed by atoms with Crippen LogP contribution in [0.25, 0.3) is 11.0 Å². The first-order valence-corrected chi connectivity index (χ1v) is 8.79. The third-order valence-corrected chi connectivity index (χ3v) is 5.01. The summed E-state index contributed by atoms with van der Waals surface area (Å²) < 4.78 is 0. The number of nitrogens with zero attached hydrogens (tertiary/aromatic N) is 2. The van der Waals surface area contributed by atoms with Gasteiger partial charge in [-0.3, -0.25) is 14.5 Å². The second-order valence-corrected chi connectivity index (χ2v) is 6.89. The van der Waals surface area contributed by atoms with Crippen LogP contribution in [0.3, 0.4) is 0 Å². The lowest BCUT2D eigenvalue weighted by atomic mass is 9.99. The van der Waals surface area contributed by atoms with Crippen molar-refractivity contribution in [2.75, 3.05) is 13.1 Å². The van der Waals surface area contributed by atoms with Crippen LogP contribution in [0.2, 0.25) is 0 Å². The number of rotatable bonds is 8. The number of likely N-dealkylation sites (tertiary alicyclic amines) is 1. The maximum Gasteiger partial charge on any atom is 0.320 e. The molecule has 0 amide bonds. The van der Waals surface area contributed by atoms with E-state index in [0.717, 1.165) is 56.4 Å². The average Bonchev–Trinajstić information content (AvgIpc) is 3.20. The van der Waals surface area contributed by atoms with Gasteiger partial charge >= 0.3 is 5.97 Å². The van der Waals surface area contributed by atoms with Crippen LogP contribution < -0.4 is 11.3 Å². The highest BCUT2D eigenvalue weighted by Gasteiger charge is 2.23. The summed E-state index contributed by atoms with van der Waals surface area (Å²) in [6.07, 6.45) is 7.99. The number of aromatic amines is 2. The summed E-state index contributed by atoms with van der Waals surface area (Å²) in [5, 5.41) is 8.78. The molecule has 3 rings (SSSR count). The van der Waals surface area contributed by atoms with Crippen LogP contribution in [-0.4, -0.2) is 50.1 Å². The van der Waals surface area contributed by atoms with Crippen LogP contribution in [0.4, 0.5) is 0 Å². The van der Waals surface area contributed by atoms with Gasteiger partial charge in [-0.05, 0) is 31.7 Å². The van der Waals surface area contributed by atoms with Gasteiger partial charge in [0.15, 0.2) is 0 Å². The van der Waals surface area contributed by atoms with Crippen molar-refractivity contribution in [1.82, 2.24) is 19.9 Å². The van der Waals surface area contributed by atoms with E-state index in [1.807, 2.05) is 6.20 Å². The number of nitrogens with two attached hydrogens (primary N) is 1. The van der Waals surface area contributed by atoms with Gasteiger partial charge in [-0.1, -0.05) is 12.8 Å². The topological polar surface area (TPSA) is 128 Å². The van der Waals surface area contributed by atoms with Crippen molar-refractivity contribution in [2.45, 2.75) is 44.7 Å². The molecule has 1 aliphatic heterocycles. The van der Waals surface area contributed by atoms with Gasteiger partial charge in [-0.25, -0.2) is 4.98 Å². The van der Waals surface area contributed by atoms with Crippen LogP contribution in [0, 0.1) is 5.92 Å². The molecular formula is C17H25N5O3. The van der Waals surface area contributed by atoms with Crippen LogP contribution in [-0.2, 0) is 11.3 Å². The van der Waals surface area contributed by atoms with Crippen LogP contribution in [0.15, 0.2) is 17.3 Å². The molecule has 2 aromatic heterocycles. The number of carbonyl (C=O) groups is 1. The van der Waals surface area contributed by atoms with Gasteiger partial charge in [0.2, 0.25) is 0 Å². The highest BCUT2D eigenvalue weighted by atomic mass is 16.4. The number of aromatic nitrogens is 3. The van der Waals surface area contributed by atoms with Crippen molar-refractivity contribution in [1.29, 1.82) is 0 Å². The molecule has 0 aliphatic carbocycles. The molecule has 0 aromatic carbocycles. The fourth-order valence-corrected chi connectivity index (χ4v) is 3.58. The number of carboxylic acids is 1. The molecule has 1 aliphatic rings. The molecule has 1 fully saturated rings. The van der Waals surface area contributed by atoms with Crippen molar-refractivity contribution in [2.24, 2.45) is 11.7 Å². The molecule has 25 heavy (non-hydrogen) atoms. The van der Waals surface area contributed by atoms with E-state index >= 15 is 0 Å². The monoisotopic (exact) mass is 347 g/mol. The minimum atomic E-state index is -0.918. The van der Waals surface area contributed by atoms with Crippen molar-refractivity contribution in [3.63, 3.8) is 0 Å². The minimum Gasteiger partial charge on any atom is -0.480 e. The maximum absolute atomic E-state index is 11.7. The number of fused-ring (bicyclic) bond motifs is 1. The molecule has 0 saturated carbocycles. The van der Waals surface area contributed by atoms with E-state index in [2.05, 4.69) is 19.9 Å². The van der Waals surface area contributed by atoms with E-state index in [-0.39, 0.29) is 5.56 Å². The molecule has 5 N–H and O–H groups in total. The Morgan fingerprint density at radius 2 is 2.28 bits per heavy atom. The third-order valence-electron chi connectivity index (χ3n) is 5.01. The van der Waals surface area contributed by atoms with Gasteiger partial charge in [0.25, 0.3) is 5.56 Å². The zero-order valence-corrected chi connectivity index (χ0v) is 14.2.